The van der Waals surface area contributed by atoms with Crippen molar-refractivity contribution in [2.24, 2.45) is 5.92 Å². The Labute approximate surface area is 117 Å². The van der Waals surface area contributed by atoms with Crippen LogP contribution in [0.1, 0.15) is 20.8 Å². The lowest BCUT2D eigenvalue weighted by Crippen LogP contribution is -2.52. The monoisotopic (exact) mass is 281 g/mol. The molecule has 0 atom stereocenters. The largest absolute Gasteiger partial charge is 0.444 e. The van der Waals surface area contributed by atoms with Crippen LogP contribution in [0.15, 0.2) is 23.6 Å². The van der Waals surface area contributed by atoms with E-state index in [0.717, 1.165) is 24.0 Å². The summed E-state index contributed by atoms with van der Waals surface area (Å²) in [6.45, 7) is 7.16. The average molecular weight is 281 g/mol. The second kappa shape index (κ2) is 5.77. The van der Waals surface area contributed by atoms with Crippen LogP contribution in [0.25, 0.3) is 0 Å². The molecule has 1 saturated heterocycles. The molecule has 0 aromatic carbocycles. The van der Waals surface area contributed by atoms with Crippen LogP contribution in [-0.2, 0) is 4.74 Å². The van der Waals surface area contributed by atoms with Crippen molar-refractivity contribution in [2.45, 2.75) is 31.5 Å². The van der Waals surface area contributed by atoms with Crippen molar-refractivity contribution in [1.29, 1.82) is 0 Å². The summed E-state index contributed by atoms with van der Waals surface area (Å²) in [5.74, 6) is 1.44. The first-order valence-electron chi connectivity index (χ1n) is 6.32. The summed E-state index contributed by atoms with van der Waals surface area (Å²) in [6, 6.07) is 1.80. The summed E-state index contributed by atoms with van der Waals surface area (Å²) in [6.07, 6.45) is 3.26. The highest BCUT2D eigenvalue weighted by atomic mass is 32.2. The van der Waals surface area contributed by atoms with Crippen molar-refractivity contribution in [1.82, 2.24) is 14.9 Å². The van der Waals surface area contributed by atoms with Gasteiger partial charge in [0.2, 0.25) is 0 Å². The molecule has 1 amide bonds. The molecule has 2 rings (SSSR count). The molecule has 6 heteroatoms. The highest BCUT2D eigenvalue weighted by molar-refractivity contribution is 7.99. The number of thioether (sulfide) groups is 1. The number of nitrogens with zero attached hydrogens (tertiary/aromatic N) is 3. The average Bonchev–Trinajstić information content (AvgIpc) is 2.25. The molecule has 0 bridgehead atoms. The van der Waals surface area contributed by atoms with Crippen LogP contribution in [-0.4, -0.2) is 45.4 Å². The van der Waals surface area contributed by atoms with Gasteiger partial charge in [0.1, 0.15) is 5.60 Å². The Kier molecular flexibility index (Phi) is 4.29. The second-order valence-corrected chi connectivity index (χ2v) is 6.58. The van der Waals surface area contributed by atoms with Gasteiger partial charge in [0.25, 0.3) is 0 Å². The molecule has 1 aromatic heterocycles. The van der Waals surface area contributed by atoms with E-state index in [4.69, 9.17) is 4.74 Å². The highest BCUT2D eigenvalue weighted by Gasteiger charge is 2.33. The molecule has 104 valence electrons. The van der Waals surface area contributed by atoms with E-state index in [9.17, 15) is 4.79 Å². The van der Waals surface area contributed by atoms with E-state index in [-0.39, 0.29) is 6.09 Å². The van der Waals surface area contributed by atoms with Crippen LogP contribution in [0, 0.1) is 5.92 Å². The molecule has 0 spiro atoms. The number of hydrogen-bond donors (Lipinski definition) is 0. The van der Waals surface area contributed by atoms with E-state index in [0.29, 0.717) is 5.92 Å². The van der Waals surface area contributed by atoms with Gasteiger partial charge in [0.05, 0.1) is 0 Å². The Morgan fingerprint density at radius 1 is 1.42 bits per heavy atom. The van der Waals surface area contributed by atoms with Crippen LogP contribution in [0.3, 0.4) is 0 Å². The summed E-state index contributed by atoms with van der Waals surface area (Å²) < 4.78 is 5.31. The number of rotatable bonds is 3. The van der Waals surface area contributed by atoms with E-state index in [1.54, 1.807) is 35.1 Å². The fourth-order valence-corrected chi connectivity index (χ4v) is 2.57. The minimum Gasteiger partial charge on any atom is -0.444 e. The minimum absolute atomic E-state index is 0.218. The molecule has 1 aliphatic rings. The van der Waals surface area contributed by atoms with E-state index in [2.05, 4.69) is 9.97 Å². The third-order valence-corrected chi connectivity index (χ3v) is 3.71. The molecule has 0 radical (unpaired) electrons. The predicted octanol–water partition coefficient (Wildman–Crippen LogP) is 2.44. The van der Waals surface area contributed by atoms with Crippen LogP contribution in [0.5, 0.6) is 0 Å². The van der Waals surface area contributed by atoms with Crippen molar-refractivity contribution in [3.05, 3.63) is 18.5 Å². The molecule has 5 nitrogen and oxygen atoms in total. The van der Waals surface area contributed by atoms with Gasteiger partial charge in [-0.2, -0.15) is 0 Å². The lowest BCUT2D eigenvalue weighted by molar-refractivity contribution is 0.00215. The van der Waals surface area contributed by atoms with E-state index in [1.165, 1.54) is 0 Å². The first kappa shape index (κ1) is 14.1. The van der Waals surface area contributed by atoms with Gasteiger partial charge in [-0.25, -0.2) is 14.8 Å². The quantitative estimate of drug-likeness (QED) is 0.629. The highest BCUT2D eigenvalue weighted by Crippen LogP contribution is 2.24. The Morgan fingerprint density at radius 2 is 2.05 bits per heavy atom. The van der Waals surface area contributed by atoms with E-state index < -0.39 is 5.60 Å². The molecule has 0 unspecified atom stereocenters. The SMILES string of the molecule is CC(C)(C)OC(=O)N1CC(CSc2ncccn2)C1. The zero-order valence-electron chi connectivity index (χ0n) is 11.5. The van der Waals surface area contributed by atoms with Gasteiger partial charge in [0, 0.05) is 37.2 Å². The zero-order valence-corrected chi connectivity index (χ0v) is 12.3. The minimum atomic E-state index is -0.422. The maximum Gasteiger partial charge on any atom is 0.410 e. The van der Waals surface area contributed by atoms with Crippen molar-refractivity contribution >= 4 is 17.9 Å². The molecular weight excluding hydrogens is 262 g/mol. The van der Waals surface area contributed by atoms with Crippen molar-refractivity contribution in [3.63, 3.8) is 0 Å². The molecule has 1 aliphatic heterocycles. The smallest absolute Gasteiger partial charge is 0.410 e. The molecular formula is C13H19N3O2S. The number of carbonyl (C=O) groups excluding carboxylic acids is 1. The lowest BCUT2D eigenvalue weighted by Gasteiger charge is -2.39. The molecule has 0 saturated carbocycles. The van der Waals surface area contributed by atoms with Crippen LogP contribution < -0.4 is 0 Å². The predicted molar refractivity (Wildman–Crippen MR) is 74.1 cm³/mol. The summed E-state index contributed by atoms with van der Waals surface area (Å²) >= 11 is 1.63. The maximum atomic E-state index is 11.7. The van der Waals surface area contributed by atoms with Gasteiger partial charge in [-0.3, -0.25) is 0 Å². The maximum absolute atomic E-state index is 11.7. The van der Waals surface area contributed by atoms with Gasteiger partial charge in [-0.05, 0) is 26.8 Å². The Morgan fingerprint density at radius 3 is 2.63 bits per heavy atom. The summed E-state index contributed by atoms with van der Waals surface area (Å²) in [5, 5.41) is 0.790. The van der Waals surface area contributed by atoms with E-state index >= 15 is 0 Å². The second-order valence-electron chi connectivity index (χ2n) is 5.59. The van der Waals surface area contributed by atoms with Crippen LogP contribution in [0.4, 0.5) is 4.79 Å². The normalized spacial score (nSPS) is 16.1. The van der Waals surface area contributed by atoms with Gasteiger partial charge in [0.15, 0.2) is 5.16 Å². The number of carbonyl (C=O) groups is 1. The van der Waals surface area contributed by atoms with Gasteiger partial charge in [-0.1, -0.05) is 11.8 Å². The summed E-state index contributed by atoms with van der Waals surface area (Å²) in [7, 11) is 0. The van der Waals surface area contributed by atoms with Crippen molar-refractivity contribution in [3.8, 4) is 0 Å². The lowest BCUT2D eigenvalue weighted by atomic mass is 10.0. The Bertz CT molecular complexity index is 427. The molecule has 0 N–H and O–H groups in total. The first-order chi connectivity index (χ1) is 8.94. The molecule has 1 aromatic rings. The van der Waals surface area contributed by atoms with Crippen molar-refractivity contribution < 1.29 is 9.53 Å². The topological polar surface area (TPSA) is 55.3 Å². The molecule has 19 heavy (non-hydrogen) atoms. The van der Waals surface area contributed by atoms with Crippen LogP contribution >= 0.6 is 11.8 Å². The Hall–Kier alpha value is -1.30. The van der Waals surface area contributed by atoms with Gasteiger partial charge in [-0.15, -0.1) is 0 Å². The number of likely N-dealkylation sites (tertiary alicyclic amines) is 1. The first-order valence-corrected chi connectivity index (χ1v) is 7.30. The summed E-state index contributed by atoms with van der Waals surface area (Å²) in [4.78, 5) is 21.8. The molecule has 2 heterocycles. The summed E-state index contributed by atoms with van der Waals surface area (Å²) in [5.41, 5.74) is -0.422. The zero-order chi connectivity index (χ0) is 13.9. The number of amides is 1. The number of hydrogen-bond acceptors (Lipinski definition) is 5. The standard InChI is InChI=1S/C13H19N3O2S/c1-13(2,3)18-12(17)16-7-10(8-16)9-19-11-14-5-4-6-15-11/h4-6,10H,7-9H2,1-3H3. The number of aromatic nitrogens is 2. The third kappa shape index (κ3) is 4.38. The van der Waals surface area contributed by atoms with E-state index in [1.807, 2.05) is 20.8 Å². The molecule has 1 fully saturated rings. The van der Waals surface area contributed by atoms with Gasteiger partial charge >= 0.3 is 6.09 Å². The fraction of sp³-hybridized carbons (Fsp3) is 0.615. The number of ether oxygens (including phenoxy) is 1. The third-order valence-electron chi connectivity index (χ3n) is 2.60. The van der Waals surface area contributed by atoms with Gasteiger partial charge < -0.3 is 9.64 Å². The van der Waals surface area contributed by atoms with Crippen molar-refractivity contribution in [2.75, 3.05) is 18.8 Å². The van der Waals surface area contributed by atoms with Crippen LogP contribution in [0.2, 0.25) is 0 Å². The fourth-order valence-electron chi connectivity index (χ4n) is 1.70. The Balaban J connectivity index is 1.68. The molecule has 0 aliphatic carbocycles.